The third-order valence-electron chi connectivity index (χ3n) is 4.93. The molecule has 34 heavy (non-hydrogen) atoms. The summed E-state index contributed by atoms with van der Waals surface area (Å²) in [5, 5.41) is 27.9. The Balaban J connectivity index is 1.86. The Hall–Kier alpha value is -4.38. The Morgan fingerprint density at radius 2 is 2.09 bits per heavy atom. The summed E-state index contributed by atoms with van der Waals surface area (Å²) >= 11 is 0. The molecular formula is C23H27N9O2. The standard InChI is InChI=1S/C23H27N9O2/c1-14-4-5-17(22(30-25)31-26-3)9-20(14)29-23(34)19(10-24)21-8-16(6-7-27-21)18-11-28-32(13-18)12-15(2)33/h4-11,13,15,33H,12,24-25H2,1-3H3,(H,29,34)/b19-10+,30-22-,31-26?/t15-/m0/s1. The first kappa shape index (κ1) is 24.3. The number of nitrogens with two attached hydrogens (primary N) is 2. The van der Waals surface area contributed by atoms with Crippen molar-refractivity contribution in [2.75, 3.05) is 12.4 Å². The van der Waals surface area contributed by atoms with Crippen LogP contribution >= 0.6 is 0 Å². The molecule has 0 saturated carbocycles. The van der Waals surface area contributed by atoms with E-state index in [9.17, 15) is 9.90 Å². The summed E-state index contributed by atoms with van der Waals surface area (Å²) in [6.07, 6.45) is 5.80. The molecule has 2 aromatic heterocycles. The van der Waals surface area contributed by atoms with Gasteiger partial charge in [0.15, 0.2) is 5.84 Å². The van der Waals surface area contributed by atoms with E-state index in [1.807, 2.05) is 25.3 Å². The van der Waals surface area contributed by atoms with Crippen LogP contribution in [0.5, 0.6) is 0 Å². The highest BCUT2D eigenvalue weighted by Crippen LogP contribution is 2.24. The molecule has 0 fully saturated rings. The van der Waals surface area contributed by atoms with Gasteiger partial charge in [0.25, 0.3) is 5.91 Å². The van der Waals surface area contributed by atoms with Crippen molar-refractivity contribution < 1.29 is 9.90 Å². The fraction of sp³-hybridized carbons (Fsp3) is 0.217. The Morgan fingerprint density at radius 1 is 1.29 bits per heavy atom. The number of aliphatic hydroxyl groups is 1. The third kappa shape index (κ3) is 5.70. The lowest BCUT2D eigenvalue weighted by Crippen LogP contribution is -2.17. The predicted octanol–water partition coefficient (Wildman–Crippen LogP) is 2.27. The molecule has 0 saturated heterocycles. The van der Waals surface area contributed by atoms with E-state index in [0.29, 0.717) is 23.5 Å². The predicted molar refractivity (Wildman–Crippen MR) is 131 cm³/mol. The van der Waals surface area contributed by atoms with Crippen molar-refractivity contribution in [2.24, 2.45) is 26.9 Å². The van der Waals surface area contributed by atoms with Gasteiger partial charge in [0.05, 0.1) is 30.1 Å². The lowest BCUT2D eigenvalue weighted by molar-refractivity contribution is -0.111. The molecular weight excluding hydrogens is 434 g/mol. The number of amides is 1. The lowest BCUT2D eigenvalue weighted by Gasteiger charge is -2.12. The van der Waals surface area contributed by atoms with Crippen molar-refractivity contribution in [3.63, 3.8) is 0 Å². The minimum Gasteiger partial charge on any atom is -0.404 e. The summed E-state index contributed by atoms with van der Waals surface area (Å²) in [5.74, 6) is 5.21. The van der Waals surface area contributed by atoms with E-state index < -0.39 is 12.0 Å². The van der Waals surface area contributed by atoms with Crippen LogP contribution in [0.4, 0.5) is 5.69 Å². The first-order valence-corrected chi connectivity index (χ1v) is 10.5. The molecule has 6 N–H and O–H groups in total. The van der Waals surface area contributed by atoms with Gasteiger partial charge in [0.1, 0.15) is 0 Å². The number of hydrogen-bond acceptors (Lipinski definition) is 8. The van der Waals surface area contributed by atoms with Gasteiger partial charge >= 0.3 is 0 Å². The molecule has 3 rings (SSSR count). The number of carbonyl (C=O) groups excluding carboxylic acids is 1. The number of nitrogens with zero attached hydrogens (tertiary/aromatic N) is 6. The summed E-state index contributed by atoms with van der Waals surface area (Å²) < 4.78 is 1.65. The smallest absolute Gasteiger partial charge is 0.259 e. The van der Waals surface area contributed by atoms with E-state index in [4.69, 9.17) is 11.6 Å². The summed E-state index contributed by atoms with van der Waals surface area (Å²) in [4.78, 5) is 17.4. The molecule has 1 amide bonds. The van der Waals surface area contributed by atoms with Gasteiger partial charge in [-0.25, -0.2) is 0 Å². The van der Waals surface area contributed by atoms with Crippen LogP contribution in [0.2, 0.25) is 0 Å². The number of carbonyl (C=O) groups is 1. The van der Waals surface area contributed by atoms with Crippen LogP contribution in [0.25, 0.3) is 16.7 Å². The van der Waals surface area contributed by atoms with E-state index >= 15 is 0 Å². The van der Waals surface area contributed by atoms with E-state index in [0.717, 1.165) is 16.7 Å². The van der Waals surface area contributed by atoms with Crippen molar-refractivity contribution in [1.29, 1.82) is 0 Å². The van der Waals surface area contributed by atoms with Gasteiger partial charge in [0.2, 0.25) is 0 Å². The molecule has 11 heteroatoms. The van der Waals surface area contributed by atoms with Crippen molar-refractivity contribution in [3.8, 4) is 11.1 Å². The second-order valence-corrected chi connectivity index (χ2v) is 7.55. The highest BCUT2D eigenvalue weighted by Gasteiger charge is 2.16. The molecule has 0 aliphatic heterocycles. The lowest BCUT2D eigenvalue weighted by atomic mass is 10.1. The first-order chi connectivity index (χ1) is 16.4. The van der Waals surface area contributed by atoms with Crippen molar-refractivity contribution in [1.82, 2.24) is 14.8 Å². The second kappa shape index (κ2) is 11.0. The van der Waals surface area contributed by atoms with E-state index in [1.54, 1.807) is 42.2 Å². The maximum atomic E-state index is 13.1. The number of pyridine rings is 1. The maximum Gasteiger partial charge on any atom is 0.259 e. The van der Waals surface area contributed by atoms with Crippen LogP contribution in [0.1, 0.15) is 23.7 Å². The highest BCUT2D eigenvalue weighted by atomic mass is 16.3. The fourth-order valence-corrected chi connectivity index (χ4v) is 3.26. The Labute approximate surface area is 196 Å². The molecule has 0 bridgehead atoms. The van der Waals surface area contributed by atoms with Crippen molar-refractivity contribution in [2.45, 2.75) is 26.5 Å². The Bertz CT molecular complexity index is 1260. The number of rotatable bonds is 7. The average molecular weight is 462 g/mol. The van der Waals surface area contributed by atoms with Crippen LogP contribution in [0.15, 0.2) is 70.5 Å². The first-order valence-electron chi connectivity index (χ1n) is 10.5. The number of amidine groups is 1. The number of aliphatic hydroxyl groups excluding tert-OH is 1. The minimum absolute atomic E-state index is 0.198. The minimum atomic E-state index is -0.518. The van der Waals surface area contributed by atoms with Gasteiger partial charge in [0, 0.05) is 42.5 Å². The zero-order chi connectivity index (χ0) is 24.7. The van der Waals surface area contributed by atoms with Gasteiger partial charge in [-0.1, -0.05) is 12.1 Å². The number of hydrazone groups is 1. The highest BCUT2D eigenvalue weighted by molar-refractivity contribution is 6.25. The number of aromatic nitrogens is 3. The topological polar surface area (TPSA) is 169 Å². The molecule has 0 aliphatic carbocycles. The van der Waals surface area contributed by atoms with Gasteiger partial charge < -0.3 is 22.0 Å². The summed E-state index contributed by atoms with van der Waals surface area (Å²) in [6.45, 7) is 3.93. The van der Waals surface area contributed by atoms with Gasteiger partial charge in [-0.2, -0.15) is 15.3 Å². The number of aryl methyl sites for hydroxylation is 1. The molecule has 0 spiro atoms. The molecule has 3 aromatic rings. The summed E-state index contributed by atoms with van der Waals surface area (Å²) in [7, 11) is 1.51. The van der Waals surface area contributed by atoms with Crippen molar-refractivity contribution in [3.05, 3.63) is 71.9 Å². The molecule has 2 heterocycles. The molecule has 176 valence electrons. The third-order valence-corrected chi connectivity index (χ3v) is 4.93. The van der Waals surface area contributed by atoms with Gasteiger partial charge in [-0.05, 0) is 43.2 Å². The van der Waals surface area contributed by atoms with Crippen LogP contribution in [-0.4, -0.2) is 44.8 Å². The molecule has 0 radical (unpaired) electrons. The molecule has 0 aliphatic rings. The van der Waals surface area contributed by atoms with Crippen molar-refractivity contribution >= 4 is 23.0 Å². The number of nitrogens with one attached hydrogen (secondary N) is 1. The fourth-order valence-electron chi connectivity index (χ4n) is 3.26. The van der Waals surface area contributed by atoms with E-state index in [1.165, 1.54) is 13.2 Å². The summed E-state index contributed by atoms with van der Waals surface area (Å²) in [5.41, 5.74) is 10.0. The van der Waals surface area contributed by atoms with Gasteiger partial charge in [-0.3, -0.25) is 14.5 Å². The van der Waals surface area contributed by atoms with E-state index in [2.05, 4.69) is 30.7 Å². The average Bonchev–Trinajstić information content (AvgIpc) is 3.27. The molecule has 0 unspecified atom stereocenters. The second-order valence-electron chi connectivity index (χ2n) is 7.55. The monoisotopic (exact) mass is 461 g/mol. The quantitative estimate of drug-likeness (QED) is 0.105. The molecule has 1 aromatic carbocycles. The Morgan fingerprint density at radius 3 is 2.76 bits per heavy atom. The maximum absolute atomic E-state index is 13.1. The summed E-state index contributed by atoms with van der Waals surface area (Å²) in [6, 6.07) is 8.88. The number of benzene rings is 1. The zero-order valence-electron chi connectivity index (χ0n) is 19.2. The van der Waals surface area contributed by atoms with Crippen LogP contribution < -0.4 is 16.9 Å². The largest absolute Gasteiger partial charge is 0.404 e. The SMILES string of the molecule is CN=N/C(=N\N)c1ccc(C)c(NC(=O)/C(=C/N)c2cc(-c3cnn(C[C@H](C)O)c3)ccn2)c1. The van der Waals surface area contributed by atoms with Crippen LogP contribution in [-0.2, 0) is 11.3 Å². The van der Waals surface area contributed by atoms with Crippen LogP contribution in [0, 0.1) is 6.92 Å². The number of azo groups is 1. The van der Waals surface area contributed by atoms with Crippen LogP contribution in [0.3, 0.4) is 0 Å². The number of anilines is 1. The zero-order valence-corrected chi connectivity index (χ0v) is 19.2. The Kier molecular flexibility index (Phi) is 7.83. The normalized spacial score (nSPS) is 13.3. The molecule has 1 atom stereocenters. The molecule has 11 nitrogen and oxygen atoms in total. The number of hydrogen-bond donors (Lipinski definition) is 4. The van der Waals surface area contributed by atoms with Gasteiger partial charge in [-0.15, -0.1) is 5.11 Å². The van der Waals surface area contributed by atoms with E-state index in [-0.39, 0.29) is 11.4 Å².